The minimum atomic E-state index is -0.353. The van der Waals surface area contributed by atoms with Crippen LogP contribution in [0.4, 0.5) is 5.95 Å². The van der Waals surface area contributed by atoms with E-state index in [1.54, 1.807) is 17.8 Å². The van der Waals surface area contributed by atoms with E-state index in [0.717, 1.165) is 11.3 Å². The summed E-state index contributed by atoms with van der Waals surface area (Å²) in [6.07, 6.45) is 2.38. The predicted octanol–water partition coefficient (Wildman–Crippen LogP) is 1.65. The fraction of sp³-hybridized carbons (Fsp3) is 0.211. The Labute approximate surface area is 159 Å². The smallest absolute Gasteiger partial charge is 0.242 e. The highest BCUT2D eigenvalue weighted by molar-refractivity contribution is 5.90. The van der Waals surface area contributed by atoms with Gasteiger partial charge in [0.15, 0.2) is 11.5 Å². The number of hydrogen-bond acceptors (Lipinski definition) is 7. The van der Waals surface area contributed by atoms with Crippen LogP contribution in [0.25, 0.3) is 28.1 Å². The van der Waals surface area contributed by atoms with E-state index in [4.69, 9.17) is 9.72 Å². The van der Waals surface area contributed by atoms with Crippen LogP contribution in [0.5, 0.6) is 5.75 Å². The fourth-order valence-corrected chi connectivity index (χ4v) is 3.30. The molecule has 4 aromatic rings. The van der Waals surface area contributed by atoms with Gasteiger partial charge in [-0.05, 0) is 30.7 Å². The van der Waals surface area contributed by atoms with E-state index >= 15 is 0 Å². The van der Waals surface area contributed by atoms with Gasteiger partial charge in [0.2, 0.25) is 11.9 Å². The van der Waals surface area contributed by atoms with Crippen LogP contribution in [0, 0.1) is 0 Å². The van der Waals surface area contributed by atoms with Crippen LogP contribution < -0.4 is 15.4 Å². The number of benzene rings is 1. The first-order valence-electron chi connectivity index (χ1n) is 8.93. The van der Waals surface area contributed by atoms with Crippen LogP contribution >= 0.6 is 0 Å². The third kappa shape index (κ3) is 2.68. The van der Waals surface area contributed by atoms with Crippen molar-refractivity contribution < 1.29 is 9.53 Å². The van der Waals surface area contributed by atoms with Crippen molar-refractivity contribution in [3.63, 3.8) is 0 Å². The molecule has 1 aliphatic rings. The molecule has 4 heterocycles. The average Bonchev–Trinajstić information content (AvgIpc) is 3.35. The van der Waals surface area contributed by atoms with Crippen LogP contribution in [-0.2, 0) is 4.79 Å². The standard InChI is InChI=1S/C19H17N7O2/c1-28-12-5-2-4-11(10-12)16-24-17-15-13(6-3-8-20-15)22-19(26(17)25-16)23-14-7-9-21-18(14)27/h2-6,8,10,14H,7,9H2,1H3,(H,21,27)(H,22,23)/t14-/m0/s1. The van der Waals surface area contributed by atoms with Gasteiger partial charge < -0.3 is 15.4 Å². The topological polar surface area (TPSA) is 106 Å². The number of anilines is 1. The molecule has 0 aliphatic carbocycles. The number of rotatable bonds is 4. The molecule has 5 rings (SSSR count). The van der Waals surface area contributed by atoms with Gasteiger partial charge in [-0.25, -0.2) is 9.97 Å². The molecule has 0 bridgehead atoms. The number of carbonyl (C=O) groups excluding carboxylic acids is 1. The Morgan fingerprint density at radius 2 is 2.18 bits per heavy atom. The molecular formula is C19H17N7O2. The molecule has 0 unspecified atom stereocenters. The van der Waals surface area contributed by atoms with Gasteiger partial charge in [-0.15, -0.1) is 5.10 Å². The van der Waals surface area contributed by atoms with E-state index in [1.807, 2.05) is 36.4 Å². The van der Waals surface area contributed by atoms with Gasteiger partial charge in [0.25, 0.3) is 0 Å². The summed E-state index contributed by atoms with van der Waals surface area (Å²) in [6, 6.07) is 10.9. The number of aromatic nitrogens is 5. The third-order valence-electron chi connectivity index (χ3n) is 4.71. The summed E-state index contributed by atoms with van der Waals surface area (Å²) in [6.45, 7) is 0.640. The van der Waals surface area contributed by atoms with Crippen molar-refractivity contribution in [2.24, 2.45) is 0 Å². The van der Waals surface area contributed by atoms with Gasteiger partial charge in [-0.1, -0.05) is 12.1 Å². The first-order valence-corrected chi connectivity index (χ1v) is 8.93. The van der Waals surface area contributed by atoms with Gasteiger partial charge in [-0.2, -0.15) is 4.52 Å². The van der Waals surface area contributed by atoms with E-state index in [9.17, 15) is 4.79 Å². The van der Waals surface area contributed by atoms with Gasteiger partial charge in [-0.3, -0.25) is 9.78 Å². The second kappa shape index (κ2) is 6.45. The van der Waals surface area contributed by atoms with E-state index < -0.39 is 0 Å². The second-order valence-corrected chi connectivity index (χ2v) is 6.49. The number of carbonyl (C=O) groups is 1. The van der Waals surface area contributed by atoms with E-state index in [-0.39, 0.29) is 11.9 Å². The second-order valence-electron chi connectivity index (χ2n) is 6.49. The van der Waals surface area contributed by atoms with Crippen molar-refractivity contribution >= 4 is 28.5 Å². The molecule has 1 atom stereocenters. The number of nitrogens with one attached hydrogen (secondary N) is 2. The molecule has 9 heteroatoms. The number of amides is 1. The summed E-state index contributed by atoms with van der Waals surface area (Å²) in [5.41, 5.74) is 2.71. The van der Waals surface area contributed by atoms with Crippen LogP contribution in [0.3, 0.4) is 0 Å². The highest BCUT2D eigenvalue weighted by atomic mass is 16.5. The summed E-state index contributed by atoms with van der Waals surface area (Å²) in [5, 5.41) is 10.6. The summed E-state index contributed by atoms with van der Waals surface area (Å²) in [5.74, 6) is 1.66. The molecule has 0 spiro atoms. The van der Waals surface area contributed by atoms with Crippen molar-refractivity contribution in [2.45, 2.75) is 12.5 Å². The summed E-state index contributed by atoms with van der Waals surface area (Å²) in [7, 11) is 1.62. The maximum atomic E-state index is 12.0. The molecule has 1 aromatic carbocycles. The Morgan fingerprint density at radius 1 is 1.25 bits per heavy atom. The molecule has 1 fully saturated rings. The zero-order valence-corrected chi connectivity index (χ0v) is 15.1. The Hall–Kier alpha value is -3.75. The molecular weight excluding hydrogens is 358 g/mol. The minimum Gasteiger partial charge on any atom is -0.497 e. The first kappa shape index (κ1) is 16.4. The molecule has 2 N–H and O–H groups in total. The van der Waals surface area contributed by atoms with Crippen molar-refractivity contribution in [3.8, 4) is 17.1 Å². The van der Waals surface area contributed by atoms with Gasteiger partial charge in [0, 0.05) is 18.3 Å². The van der Waals surface area contributed by atoms with Crippen molar-refractivity contribution in [1.29, 1.82) is 0 Å². The maximum absolute atomic E-state index is 12.0. The zero-order valence-electron chi connectivity index (χ0n) is 15.1. The first-order chi connectivity index (χ1) is 13.7. The Kier molecular flexibility index (Phi) is 3.78. The molecule has 0 radical (unpaired) electrons. The number of hydrogen-bond donors (Lipinski definition) is 2. The molecule has 1 aliphatic heterocycles. The molecule has 140 valence electrons. The molecule has 9 nitrogen and oxygen atoms in total. The lowest BCUT2D eigenvalue weighted by atomic mass is 10.2. The van der Waals surface area contributed by atoms with E-state index in [1.165, 1.54) is 0 Å². The van der Waals surface area contributed by atoms with Gasteiger partial charge in [0.1, 0.15) is 17.3 Å². The zero-order chi connectivity index (χ0) is 19.1. The number of ether oxygens (including phenoxy) is 1. The summed E-state index contributed by atoms with van der Waals surface area (Å²) >= 11 is 0. The summed E-state index contributed by atoms with van der Waals surface area (Å²) < 4.78 is 6.91. The average molecular weight is 375 g/mol. The Balaban J connectivity index is 1.69. The molecule has 28 heavy (non-hydrogen) atoms. The van der Waals surface area contributed by atoms with Gasteiger partial charge >= 0.3 is 0 Å². The molecule has 1 saturated heterocycles. The van der Waals surface area contributed by atoms with Crippen molar-refractivity contribution in [1.82, 2.24) is 29.9 Å². The number of nitrogens with zero attached hydrogens (tertiary/aromatic N) is 5. The highest BCUT2D eigenvalue weighted by Gasteiger charge is 2.26. The van der Waals surface area contributed by atoms with E-state index in [0.29, 0.717) is 41.4 Å². The minimum absolute atomic E-state index is 0.0469. The number of fused-ring (bicyclic) bond motifs is 3. The largest absolute Gasteiger partial charge is 0.497 e. The Bertz CT molecular complexity index is 1200. The molecule has 0 saturated carbocycles. The lowest BCUT2D eigenvalue weighted by molar-refractivity contribution is -0.119. The van der Waals surface area contributed by atoms with Crippen molar-refractivity contribution in [2.75, 3.05) is 19.0 Å². The van der Waals surface area contributed by atoms with Crippen LogP contribution in [0.1, 0.15) is 6.42 Å². The lowest BCUT2D eigenvalue weighted by Crippen LogP contribution is -2.30. The fourth-order valence-electron chi connectivity index (χ4n) is 3.30. The van der Waals surface area contributed by atoms with Crippen molar-refractivity contribution in [3.05, 3.63) is 42.6 Å². The lowest BCUT2D eigenvalue weighted by Gasteiger charge is -2.12. The van der Waals surface area contributed by atoms with Crippen LogP contribution in [-0.4, -0.2) is 50.2 Å². The van der Waals surface area contributed by atoms with E-state index in [2.05, 4.69) is 25.7 Å². The number of pyridine rings is 1. The highest BCUT2D eigenvalue weighted by Crippen LogP contribution is 2.25. The predicted molar refractivity (Wildman–Crippen MR) is 103 cm³/mol. The molecule has 1 amide bonds. The Morgan fingerprint density at radius 3 is 3.00 bits per heavy atom. The summed E-state index contributed by atoms with van der Waals surface area (Å²) in [4.78, 5) is 25.7. The maximum Gasteiger partial charge on any atom is 0.242 e. The SMILES string of the molecule is COc1cccc(-c2nc3c4ncccc4nc(N[C@H]4CCNC4=O)n3n2)c1. The monoisotopic (exact) mass is 375 g/mol. The normalized spacial score (nSPS) is 16.5. The van der Waals surface area contributed by atoms with Gasteiger partial charge in [0.05, 0.1) is 12.6 Å². The third-order valence-corrected chi connectivity index (χ3v) is 4.71. The molecule has 3 aromatic heterocycles. The quantitative estimate of drug-likeness (QED) is 0.558. The van der Waals surface area contributed by atoms with Crippen LogP contribution in [0.15, 0.2) is 42.6 Å². The number of methoxy groups -OCH3 is 1. The van der Waals surface area contributed by atoms with Crippen LogP contribution in [0.2, 0.25) is 0 Å².